The summed E-state index contributed by atoms with van der Waals surface area (Å²) in [5, 5.41) is 6.03. The van der Waals surface area contributed by atoms with Crippen LogP contribution in [-0.2, 0) is 11.3 Å². The van der Waals surface area contributed by atoms with Gasteiger partial charge in [-0.15, -0.1) is 0 Å². The first-order valence-electron chi connectivity index (χ1n) is 6.43. The Morgan fingerprint density at radius 1 is 1.28 bits per heavy atom. The maximum absolute atomic E-state index is 11.6. The van der Waals surface area contributed by atoms with Crippen LogP contribution in [0.2, 0.25) is 0 Å². The molecule has 1 aromatic heterocycles. The normalized spacial score (nSPS) is 10.7. The van der Waals surface area contributed by atoms with Crippen LogP contribution < -0.4 is 10.6 Å². The predicted octanol–water partition coefficient (Wildman–Crippen LogP) is 1.18. The largest absolute Gasteiger partial charge is 0.352 e. The summed E-state index contributed by atoms with van der Waals surface area (Å²) >= 11 is 0. The molecule has 0 aliphatic heterocycles. The summed E-state index contributed by atoms with van der Waals surface area (Å²) in [5.74, 6) is 0.0313. The smallest absolute Gasteiger partial charge is 0.234 e. The highest BCUT2D eigenvalue weighted by Gasteiger charge is 2.07. The summed E-state index contributed by atoms with van der Waals surface area (Å²) in [7, 11) is 0. The number of hydrogen-bond acceptors (Lipinski definition) is 4. The molecule has 0 bridgehead atoms. The first-order valence-corrected chi connectivity index (χ1v) is 6.43. The maximum Gasteiger partial charge on any atom is 0.234 e. The minimum atomic E-state index is 0.0313. The fraction of sp³-hybridized carbons (Fsp3) is 0.615. The van der Waals surface area contributed by atoms with Crippen molar-refractivity contribution >= 4 is 5.91 Å². The third kappa shape index (κ3) is 5.23. The van der Waals surface area contributed by atoms with E-state index in [-0.39, 0.29) is 11.9 Å². The molecule has 0 aromatic carbocycles. The molecule has 100 valence electrons. The zero-order chi connectivity index (χ0) is 13.4. The van der Waals surface area contributed by atoms with Gasteiger partial charge in [0.1, 0.15) is 0 Å². The Labute approximate surface area is 108 Å². The summed E-state index contributed by atoms with van der Waals surface area (Å²) in [4.78, 5) is 20.0. The minimum absolute atomic E-state index is 0.0313. The average Bonchev–Trinajstić information content (AvgIpc) is 2.38. The van der Waals surface area contributed by atoms with Crippen molar-refractivity contribution in [3.8, 4) is 0 Å². The summed E-state index contributed by atoms with van der Waals surface area (Å²) < 4.78 is 0. The number of aryl methyl sites for hydroxylation is 1. The Morgan fingerprint density at radius 3 is 2.56 bits per heavy atom. The van der Waals surface area contributed by atoms with Crippen molar-refractivity contribution in [2.75, 3.05) is 6.54 Å². The highest BCUT2D eigenvalue weighted by Crippen LogP contribution is 1.95. The van der Waals surface area contributed by atoms with Crippen molar-refractivity contribution in [2.24, 2.45) is 0 Å². The molecule has 0 saturated heterocycles. The van der Waals surface area contributed by atoms with E-state index in [1.807, 2.05) is 6.92 Å². The van der Waals surface area contributed by atoms with Gasteiger partial charge in [-0.3, -0.25) is 14.8 Å². The van der Waals surface area contributed by atoms with Crippen molar-refractivity contribution in [3.63, 3.8) is 0 Å². The van der Waals surface area contributed by atoms with Crippen LogP contribution in [-0.4, -0.2) is 28.5 Å². The average molecular weight is 250 g/mol. The first-order chi connectivity index (χ1) is 8.65. The molecule has 18 heavy (non-hydrogen) atoms. The van der Waals surface area contributed by atoms with Gasteiger partial charge in [-0.2, -0.15) is 0 Å². The van der Waals surface area contributed by atoms with E-state index in [0.29, 0.717) is 13.1 Å². The SMILES string of the molecule is CCC(CC)NC(=O)CNCc1cnc(C)cn1. The molecule has 0 radical (unpaired) electrons. The van der Waals surface area contributed by atoms with Gasteiger partial charge >= 0.3 is 0 Å². The van der Waals surface area contributed by atoms with Crippen molar-refractivity contribution in [3.05, 3.63) is 23.8 Å². The molecule has 1 aromatic rings. The van der Waals surface area contributed by atoms with E-state index in [0.717, 1.165) is 24.2 Å². The lowest BCUT2D eigenvalue weighted by Crippen LogP contribution is -2.39. The molecule has 5 heteroatoms. The van der Waals surface area contributed by atoms with Gasteiger partial charge in [-0.25, -0.2) is 0 Å². The van der Waals surface area contributed by atoms with E-state index in [9.17, 15) is 4.79 Å². The highest BCUT2D eigenvalue weighted by atomic mass is 16.1. The number of carbonyl (C=O) groups is 1. The third-order valence-corrected chi connectivity index (χ3v) is 2.78. The van der Waals surface area contributed by atoms with E-state index in [2.05, 4.69) is 34.4 Å². The fourth-order valence-electron chi connectivity index (χ4n) is 1.59. The number of nitrogens with zero attached hydrogens (tertiary/aromatic N) is 2. The maximum atomic E-state index is 11.6. The van der Waals surface area contributed by atoms with E-state index >= 15 is 0 Å². The van der Waals surface area contributed by atoms with Crippen molar-refractivity contribution in [1.29, 1.82) is 0 Å². The topological polar surface area (TPSA) is 66.9 Å². The second kappa shape index (κ2) is 7.76. The Bertz CT molecular complexity index is 360. The fourth-order valence-corrected chi connectivity index (χ4v) is 1.59. The van der Waals surface area contributed by atoms with Gasteiger partial charge in [0.25, 0.3) is 0 Å². The molecule has 0 saturated carbocycles. The summed E-state index contributed by atoms with van der Waals surface area (Å²) in [6.45, 7) is 6.91. The van der Waals surface area contributed by atoms with Crippen molar-refractivity contribution < 1.29 is 4.79 Å². The molecular weight excluding hydrogens is 228 g/mol. The quantitative estimate of drug-likeness (QED) is 0.762. The van der Waals surface area contributed by atoms with Crippen LogP contribution in [0.4, 0.5) is 0 Å². The Kier molecular flexibility index (Phi) is 6.28. The van der Waals surface area contributed by atoms with Crippen LogP contribution in [0.3, 0.4) is 0 Å². The highest BCUT2D eigenvalue weighted by molar-refractivity contribution is 5.78. The summed E-state index contributed by atoms with van der Waals surface area (Å²) in [5.41, 5.74) is 1.74. The standard InChI is InChI=1S/C13H22N4O/c1-4-11(5-2)17-13(18)9-14-7-12-8-15-10(3)6-16-12/h6,8,11,14H,4-5,7,9H2,1-3H3,(H,17,18). The van der Waals surface area contributed by atoms with Gasteiger partial charge in [0, 0.05) is 25.0 Å². The van der Waals surface area contributed by atoms with Crippen LogP contribution in [0.1, 0.15) is 38.1 Å². The molecule has 0 spiro atoms. The molecule has 0 unspecified atom stereocenters. The van der Waals surface area contributed by atoms with Crippen LogP contribution in [0.5, 0.6) is 0 Å². The van der Waals surface area contributed by atoms with E-state index in [4.69, 9.17) is 0 Å². The number of nitrogens with one attached hydrogen (secondary N) is 2. The zero-order valence-electron chi connectivity index (χ0n) is 11.4. The minimum Gasteiger partial charge on any atom is -0.352 e. The lowest BCUT2D eigenvalue weighted by molar-refractivity contribution is -0.121. The van der Waals surface area contributed by atoms with Crippen LogP contribution in [0, 0.1) is 6.92 Å². The molecule has 5 nitrogen and oxygen atoms in total. The second-order valence-electron chi connectivity index (χ2n) is 4.33. The monoisotopic (exact) mass is 250 g/mol. The predicted molar refractivity (Wildman–Crippen MR) is 71.0 cm³/mol. The zero-order valence-corrected chi connectivity index (χ0v) is 11.4. The molecule has 1 amide bonds. The van der Waals surface area contributed by atoms with E-state index < -0.39 is 0 Å². The van der Waals surface area contributed by atoms with Gasteiger partial charge in [-0.1, -0.05) is 13.8 Å². The molecule has 0 aliphatic rings. The Balaban J connectivity index is 2.25. The Morgan fingerprint density at radius 2 is 2.00 bits per heavy atom. The van der Waals surface area contributed by atoms with Crippen molar-refractivity contribution in [2.45, 2.75) is 46.2 Å². The van der Waals surface area contributed by atoms with E-state index in [1.165, 1.54) is 0 Å². The number of hydrogen-bond donors (Lipinski definition) is 2. The van der Waals surface area contributed by atoms with Crippen LogP contribution >= 0.6 is 0 Å². The van der Waals surface area contributed by atoms with Gasteiger partial charge in [0.2, 0.25) is 5.91 Å². The molecule has 0 atom stereocenters. The van der Waals surface area contributed by atoms with Crippen LogP contribution in [0.25, 0.3) is 0 Å². The summed E-state index contributed by atoms with van der Waals surface area (Å²) in [6, 6.07) is 0.276. The number of amides is 1. The second-order valence-corrected chi connectivity index (χ2v) is 4.33. The number of aromatic nitrogens is 2. The Hall–Kier alpha value is -1.49. The molecule has 0 fully saturated rings. The van der Waals surface area contributed by atoms with E-state index in [1.54, 1.807) is 12.4 Å². The molecule has 1 heterocycles. The number of rotatable bonds is 7. The first kappa shape index (κ1) is 14.6. The van der Waals surface area contributed by atoms with Gasteiger partial charge in [-0.05, 0) is 19.8 Å². The third-order valence-electron chi connectivity index (χ3n) is 2.78. The van der Waals surface area contributed by atoms with Gasteiger partial charge in [0.15, 0.2) is 0 Å². The van der Waals surface area contributed by atoms with Gasteiger partial charge in [0.05, 0.1) is 17.9 Å². The number of carbonyl (C=O) groups excluding carboxylic acids is 1. The molecular formula is C13H22N4O. The molecule has 0 aliphatic carbocycles. The lowest BCUT2D eigenvalue weighted by atomic mass is 10.2. The molecule has 1 rings (SSSR count). The van der Waals surface area contributed by atoms with Crippen LogP contribution in [0.15, 0.2) is 12.4 Å². The summed E-state index contributed by atoms with van der Waals surface area (Å²) in [6.07, 6.45) is 5.37. The molecule has 2 N–H and O–H groups in total. The van der Waals surface area contributed by atoms with Gasteiger partial charge < -0.3 is 10.6 Å². The lowest BCUT2D eigenvalue weighted by Gasteiger charge is -2.14. The van der Waals surface area contributed by atoms with Crippen molar-refractivity contribution in [1.82, 2.24) is 20.6 Å².